The van der Waals surface area contributed by atoms with Crippen LogP contribution in [0.1, 0.15) is 84.8 Å². The Hall–Kier alpha value is -2.50. The van der Waals surface area contributed by atoms with Crippen LogP contribution in [-0.2, 0) is 35.2 Å². The molecule has 6 nitrogen and oxygen atoms in total. The van der Waals surface area contributed by atoms with Gasteiger partial charge in [-0.3, -0.25) is 0 Å². The minimum atomic E-state index is -0.341. The van der Waals surface area contributed by atoms with Crippen LogP contribution >= 0.6 is 0 Å². The molecule has 0 aliphatic heterocycles. The third kappa shape index (κ3) is 3.86. The maximum absolute atomic E-state index is 12.5. The summed E-state index contributed by atoms with van der Waals surface area (Å²) in [5, 5.41) is 0. The normalized spacial score (nSPS) is 10.9. The van der Waals surface area contributed by atoms with E-state index in [0.29, 0.717) is 24.6 Å². The molecular formula is C22H32N2O4. The number of nitrogens with one attached hydrogen (secondary N) is 2. The van der Waals surface area contributed by atoms with E-state index in [1.54, 1.807) is 13.8 Å². The number of carbonyl (C=O) groups excluding carboxylic acids is 2. The van der Waals surface area contributed by atoms with Crippen molar-refractivity contribution in [3.63, 3.8) is 0 Å². The van der Waals surface area contributed by atoms with Gasteiger partial charge in [0.15, 0.2) is 0 Å². The highest BCUT2D eigenvalue weighted by molar-refractivity contribution is 5.94. The number of rotatable bonds is 9. The molecular weight excluding hydrogens is 356 g/mol. The smallest absolute Gasteiger partial charge is 0.355 e. The number of aromatic amines is 2. The maximum Gasteiger partial charge on any atom is 0.355 e. The van der Waals surface area contributed by atoms with E-state index in [1.165, 1.54) is 0 Å². The Morgan fingerprint density at radius 2 is 0.929 bits per heavy atom. The zero-order valence-electron chi connectivity index (χ0n) is 17.9. The number of hydrogen-bond acceptors (Lipinski definition) is 4. The van der Waals surface area contributed by atoms with Crippen LogP contribution in [0.2, 0.25) is 0 Å². The Morgan fingerprint density at radius 1 is 0.607 bits per heavy atom. The highest BCUT2D eigenvalue weighted by atomic mass is 16.5. The van der Waals surface area contributed by atoms with Crippen LogP contribution in [0.15, 0.2) is 0 Å². The first-order valence-electron chi connectivity index (χ1n) is 10.3. The number of carbonyl (C=O) groups is 2. The Kier molecular flexibility index (Phi) is 7.49. The van der Waals surface area contributed by atoms with Gasteiger partial charge in [-0.05, 0) is 61.8 Å². The third-order valence-electron chi connectivity index (χ3n) is 5.06. The molecule has 2 rings (SSSR count). The molecule has 2 heterocycles. The highest BCUT2D eigenvalue weighted by Crippen LogP contribution is 2.35. The second kappa shape index (κ2) is 9.62. The summed E-state index contributed by atoms with van der Waals surface area (Å²) in [4.78, 5) is 31.6. The molecule has 0 bridgehead atoms. The molecule has 0 aliphatic carbocycles. The number of aromatic nitrogens is 2. The minimum absolute atomic E-state index is 0.327. The first kappa shape index (κ1) is 21.8. The lowest BCUT2D eigenvalue weighted by atomic mass is 9.98. The summed E-state index contributed by atoms with van der Waals surface area (Å²) in [5.74, 6) is -0.683. The van der Waals surface area contributed by atoms with Crippen molar-refractivity contribution in [2.24, 2.45) is 0 Å². The summed E-state index contributed by atoms with van der Waals surface area (Å²) in [6, 6.07) is 0. The zero-order valence-corrected chi connectivity index (χ0v) is 17.9. The van der Waals surface area contributed by atoms with E-state index in [2.05, 4.69) is 23.8 Å². The largest absolute Gasteiger partial charge is 0.461 e. The summed E-state index contributed by atoms with van der Waals surface area (Å²) in [7, 11) is 0. The summed E-state index contributed by atoms with van der Waals surface area (Å²) in [6.45, 7) is 12.5. The minimum Gasteiger partial charge on any atom is -0.461 e. The lowest BCUT2D eigenvalue weighted by Crippen LogP contribution is -2.08. The molecule has 0 saturated carbocycles. The number of H-pyrrole nitrogens is 2. The van der Waals surface area contributed by atoms with Gasteiger partial charge in [0.2, 0.25) is 0 Å². The predicted molar refractivity (Wildman–Crippen MR) is 110 cm³/mol. The van der Waals surface area contributed by atoms with Crippen molar-refractivity contribution in [2.75, 3.05) is 13.2 Å². The summed E-state index contributed by atoms with van der Waals surface area (Å²) >= 11 is 0. The molecule has 0 unspecified atom stereocenters. The van der Waals surface area contributed by atoms with Gasteiger partial charge in [-0.2, -0.15) is 0 Å². The summed E-state index contributed by atoms with van der Waals surface area (Å²) in [6.07, 6.45) is 2.99. The van der Waals surface area contributed by atoms with E-state index in [4.69, 9.17) is 9.47 Å². The number of esters is 2. The van der Waals surface area contributed by atoms with Crippen molar-refractivity contribution in [2.45, 2.75) is 67.2 Å². The van der Waals surface area contributed by atoms with Gasteiger partial charge in [-0.25, -0.2) is 9.59 Å². The summed E-state index contributed by atoms with van der Waals surface area (Å²) < 4.78 is 10.5. The van der Waals surface area contributed by atoms with Gasteiger partial charge < -0.3 is 19.4 Å². The molecule has 28 heavy (non-hydrogen) atoms. The quantitative estimate of drug-likeness (QED) is 0.614. The van der Waals surface area contributed by atoms with Crippen LogP contribution in [0.3, 0.4) is 0 Å². The second-order valence-corrected chi connectivity index (χ2v) is 6.52. The van der Waals surface area contributed by atoms with Crippen molar-refractivity contribution in [3.8, 4) is 11.4 Å². The SMILES string of the molecule is CCOC(=O)c1[nH]c(-c2[nH]c(C(=O)OCC)c(CC)c2CC)c(CC)c1CC. The van der Waals surface area contributed by atoms with Crippen LogP contribution in [-0.4, -0.2) is 35.1 Å². The van der Waals surface area contributed by atoms with Gasteiger partial charge in [0, 0.05) is 0 Å². The average molecular weight is 389 g/mol. The molecule has 0 spiro atoms. The Balaban J connectivity index is 2.73. The van der Waals surface area contributed by atoms with Crippen molar-refractivity contribution in [1.82, 2.24) is 9.97 Å². The lowest BCUT2D eigenvalue weighted by Gasteiger charge is -2.06. The molecule has 154 valence electrons. The molecule has 2 N–H and O–H groups in total. The fourth-order valence-electron chi connectivity index (χ4n) is 3.90. The molecule has 0 aromatic carbocycles. The van der Waals surface area contributed by atoms with Gasteiger partial charge >= 0.3 is 11.9 Å². The van der Waals surface area contributed by atoms with Crippen LogP contribution < -0.4 is 0 Å². The molecule has 0 saturated heterocycles. The molecule has 2 aromatic heterocycles. The van der Waals surface area contributed by atoms with E-state index in [-0.39, 0.29) is 11.9 Å². The molecule has 0 radical (unpaired) electrons. The summed E-state index contributed by atoms with van der Waals surface area (Å²) in [5.41, 5.74) is 6.85. The van der Waals surface area contributed by atoms with Crippen LogP contribution in [0, 0.1) is 0 Å². The molecule has 0 amide bonds. The first-order chi connectivity index (χ1) is 13.5. The van der Waals surface area contributed by atoms with E-state index >= 15 is 0 Å². The van der Waals surface area contributed by atoms with E-state index in [1.807, 2.05) is 13.8 Å². The number of ether oxygens (including phenoxy) is 2. The predicted octanol–water partition coefficient (Wildman–Crippen LogP) is 4.61. The van der Waals surface area contributed by atoms with Gasteiger partial charge in [0.25, 0.3) is 0 Å². The van der Waals surface area contributed by atoms with E-state index in [0.717, 1.165) is 59.3 Å². The third-order valence-corrected chi connectivity index (χ3v) is 5.06. The Bertz CT molecular complexity index is 775. The van der Waals surface area contributed by atoms with Gasteiger partial charge in [0.05, 0.1) is 24.6 Å². The number of hydrogen-bond donors (Lipinski definition) is 2. The fraction of sp³-hybridized carbons (Fsp3) is 0.545. The van der Waals surface area contributed by atoms with Crippen molar-refractivity contribution in [1.29, 1.82) is 0 Å². The zero-order chi connectivity index (χ0) is 20.8. The van der Waals surface area contributed by atoms with Gasteiger partial charge in [0.1, 0.15) is 11.4 Å². The first-order valence-corrected chi connectivity index (χ1v) is 10.3. The van der Waals surface area contributed by atoms with Crippen molar-refractivity contribution in [3.05, 3.63) is 33.6 Å². The molecule has 0 atom stereocenters. The second-order valence-electron chi connectivity index (χ2n) is 6.52. The Morgan fingerprint density at radius 3 is 1.18 bits per heavy atom. The van der Waals surface area contributed by atoms with Gasteiger partial charge in [-0.15, -0.1) is 0 Å². The molecule has 2 aromatic rings. The standard InChI is InChI=1S/C22H32N2O4/c1-7-13-15(9-3)19(21(25)27-11-5)23-17(13)18-14(8-2)16(10-4)20(24-18)22(26)28-12-6/h23-24H,7-12H2,1-6H3. The van der Waals surface area contributed by atoms with E-state index < -0.39 is 0 Å². The van der Waals surface area contributed by atoms with Crippen LogP contribution in [0.5, 0.6) is 0 Å². The van der Waals surface area contributed by atoms with Crippen molar-refractivity contribution >= 4 is 11.9 Å². The topological polar surface area (TPSA) is 84.2 Å². The van der Waals surface area contributed by atoms with Crippen LogP contribution in [0.25, 0.3) is 11.4 Å². The Labute approximate surface area is 167 Å². The fourth-order valence-corrected chi connectivity index (χ4v) is 3.90. The van der Waals surface area contributed by atoms with Crippen molar-refractivity contribution < 1.29 is 19.1 Å². The molecule has 0 aliphatic rings. The van der Waals surface area contributed by atoms with Crippen LogP contribution in [0.4, 0.5) is 0 Å². The average Bonchev–Trinajstić information content (AvgIpc) is 3.25. The van der Waals surface area contributed by atoms with Gasteiger partial charge in [-0.1, -0.05) is 27.7 Å². The highest BCUT2D eigenvalue weighted by Gasteiger charge is 2.27. The molecule has 0 fully saturated rings. The van der Waals surface area contributed by atoms with E-state index in [9.17, 15) is 9.59 Å². The lowest BCUT2D eigenvalue weighted by molar-refractivity contribution is 0.0509. The monoisotopic (exact) mass is 388 g/mol. The maximum atomic E-state index is 12.5. The molecule has 6 heteroatoms.